The average Bonchev–Trinajstić information content (AvgIpc) is 1.61. The van der Waals surface area contributed by atoms with E-state index in [9.17, 15) is 4.79 Å². The molecule has 0 N–H and O–H groups in total. The van der Waals surface area contributed by atoms with Gasteiger partial charge < -0.3 is 24.0 Å². The van der Waals surface area contributed by atoms with Crippen LogP contribution in [0.25, 0.3) is 0 Å². The number of nitrogens with zero attached hydrogens (tertiary/aromatic N) is 3. The molecule has 2 heterocycles. The van der Waals surface area contributed by atoms with Gasteiger partial charge in [-0.25, -0.2) is 0 Å². The Balaban J connectivity index is -0.0000000204. The first-order valence-corrected chi connectivity index (χ1v) is 24.3. The van der Waals surface area contributed by atoms with Crippen LogP contribution in [-0.4, -0.2) is 26.5 Å². The van der Waals surface area contributed by atoms with Crippen LogP contribution in [0.4, 0.5) is 17.1 Å². The highest BCUT2D eigenvalue weighted by molar-refractivity contribution is 6.03. The molecular formula is C80H133IN3O+. The maximum absolute atomic E-state index is 12.1. The fourth-order valence-electron chi connectivity index (χ4n) is 6.82. The van der Waals surface area contributed by atoms with E-state index in [1.165, 1.54) is 12.5 Å². The Morgan fingerprint density at radius 1 is 0.435 bits per heavy atom. The smallest absolute Gasteiger partial charge is 0.243 e. The second-order valence-corrected chi connectivity index (χ2v) is 16.5. The van der Waals surface area contributed by atoms with Gasteiger partial charge in [0, 0.05) is 250 Å². The van der Waals surface area contributed by atoms with Gasteiger partial charge in [0.1, 0.15) is 0 Å². The number of allylic oxidation sites excluding steroid dienone is 5. The summed E-state index contributed by atoms with van der Waals surface area (Å²) in [5.41, 5.74) is 7.13. The number of para-hydroxylation sites is 3. The number of fused-ring (bicyclic) bond motifs is 2. The molecule has 0 aromatic heterocycles. The first kappa shape index (κ1) is 67.8. The molecule has 0 bridgehead atoms. The van der Waals surface area contributed by atoms with Gasteiger partial charge in [-0.1, -0.05) is 80.3 Å². The molecule has 1 amide bonds. The third-order valence-corrected chi connectivity index (χ3v) is 10.7. The highest BCUT2D eigenvalue weighted by Crippen LogP contribution is 2.40. The molecular weight excluding hydrogens is 1150 g/mol. The van der Waals surface area contributed by atoms with E-state index >= 15 is 0 Å². The summed E-state index contributed by atoms with van der Waals surface area (Å²) in [5, 5.41) is 0. The molecule has 3 aromatic carbocycles. The highest BCUT2D eigenvalue weighted by Gasteiger charge is 2.44. The lowest BCUT2D eigenvalue weighted by Gasteiger charge is -2.15. The van der Waals surface area contributed by atoms with Crippen LogP contribution < -0.4 is 28.9 Å². The minimum atomic E-state index is -0.285. The number of hydrogen-bond donors (Lipinski definition) is 0. The molecule has 85 heavy (non-hydrogen) atoms. The monoisotopic (exact) mass is 1280 g/mol. The Bertz CT molecular complexity index is 4930. The van der Waals surface area contributed by atoms with Crippen LogP contribution in [0, 0.1) is 262 Å². The summed E-state index contributed by atoms with van der Waals surface area (Å²) in [6, 6.07) is 32.1. The topological polar surface area (TPSA) is 26.3 Å². The van der Waals surface area contributed by atoms with Gasteiger partial charge in [0.2, 0.25) is 35.1 Å². The maximum Gasteiger partial charge on any atom is 0.243 e. The Labute approximate surface area is 588 Å². The van der Waals surface area contributed by atoms with Crippen LogP contribution in [0.2, 0.25) is 0 Å². The molecule has 3 aromatic rings. The predicted molar refractivity (Wildman–Crippen MR) is 437 cm³/mol. The molecule has 5 heteroatoms. The molecule has 2 aliphatic rings. The zero-order valence-corrected chi connectivity index (χ0v) is 48.4. The van der Waals surface area contributed by atoms with Gasteiger partial charge in [0.25, 0.3) is 0 Å². The fraction of sp³-hybridized carbons (Fsp3) is 0.113. The van der Waals surface area contributed by atoms with Crippen molar-refractivity contribution in [2.24, 2.45) is 0 Å². The fourth-order valence-corrected chi connectivity index (χ4v) is 6.82. The number of anilines is 1. The van der Waals surface area contributed by atoms with Crippen molar-refractivity contribution < 1.29 is 102 Å². The van der Waals surface area contributed by atoms with Crippen molar-refractivity contribution in [3.63, 3.8) is 0 Å². The molecule has 2 aliphatic heterocycles. The molecule has 5 rings (SSSR count). The number of hydrogen-bond acceptors (Lipinski definition) is 1. The van der Waals surface area contributed by atoms with Crippen LogP contribution in [0.1, 0.15) is 124 Å². The third-order valence-electron chi connectivity index (χ3n) is 10.7. The normalized spacial score (nSPS) is 10.0. The van der Waals surface area contributed by atoms with Gasteiger partial charge in [0.15, 0.2) is 5.71 Å². The second-order valence-electron chi connectivity index (χ2n) is 16.5. The van der Waals surface area contributed by atoms with Crippen molar-refractivity contribution in [3.05, 3.63) is 127 Å². The number of rotatable bonds is 5. The molecule has 0 unspecified atom stereocenters. The van der Waals surface area contributed by atoms with Crippen molar-refractivity contribution in [2.75, 3.05) is 4.90 Å². The van der Waals surface area contributed by atoms with Crippen molar-refractivity contribution in [1.82, 2.24) is 0 Å². The predicted octanol–water partition coefficient (Wildman–Crippen LogP) is 16.8. The number of benzene rings is 3. The van der Waals surface area contributed by atoms with E-state index in [1.807, 2.05) is 100 Å². The summed E-state index contributed by atoms with van der Waals surface area (Å²) in [7, 11) is 0. The first-order chi connectivity index (χ1) is 40.6. The zero-order chi connectivity index (χ0) is 59.5. The minimum absolute atomic E-state index is 0. The van der Waals surface area contributed by atoms with Crippen molar-refractivity contribution in [2.45, 2.75) is 59.8 Å². The quantitative estimate of drug-likeness (QED) is 0.108. The van der Waals surface area contributed by atoms with E-state index in [0.717, 1.165) is 34.0 Å². The molecule has 0 radical (unpaired) electrons. The Morgan fingerprint density at radius 2 is 0.741 bits per heavy atom. The maximum atomic E-state index is 12.1. The van der Waals surface area contributed by atoms with Crippen LogP contribution >= 0.6 is 0 Å². The lowest BCUT2D eigenvalue weighted by molar-refractivity contribution is -0.334. The molecule has 0 spiro atoms. The van der Waals surface area contributed by atoms with Gasteiger partial charge in [-0.3, -0.25) is 9.69 Å². The second kappa shape index (κ2) is 40.0. The lowest BCUT2D eigenvalue weighted by Crippen LogP contribution is -3.00. The van der Waals surface area contributed by atoms with Crippen molar-refractivity contribution >= 4 is 34.4 Å². The molecule has 4 nitrogen and oxygen atoms in total. The minimum Gasteiger partial charge on any atom is -1.00 e. The zero-order valence-electron chi connectivity index (χ0n) is 46.3. The first-order valence-electron chi connectivity index (χ1n) is 24.3. The van der Waals surface area contributed by atoms with E-state index in [1.54, 1.807) is 11.1 Å². The van der Waals surface area contributed by atoms with E-state index in [4.69, 9.17) is 12.8 Å². The third kappa shape index (κ3) is 24.1. The number of halogens is 1. The molecule has 0 saturated carbocycles. The van der Waals surface area contributed by atoms with E-state index < -0.39 is 0 Å². The molecule has 0 fully saturated rings. The number of carbonyl (C=O) groups is 1. The molecule has 480 valence electrons. The van der Waals surface area contributed by atoms with Crippen LogP contribution in [0.3, 0.4) is 0 Å². The van der Waals surface area contributed by atoms with Crippen LogP contribution in [0.5, 0.6) is 0 Å². The molecule has 0 saturated heterocycles. The summed E-state index contributed by atoms with van der Waals surface area (Å²) < 4.78 is 3.93. The number of amides is 1. The standard InChI is InChI=1S/C46H25N2O.C33H14N.CH4.HI.45H2/c1-5-6-7-8-9-10-11-12-13-14-15-16-17-18-19-20-21-22-24-33-40-48-44-37-31-30-36-43(44)46(3,4)45(48)38-29-23-25-32-39-47(41(2)49)42-34-27-26-28-35-42;1-5-6-7-8-9-10-11-12-13-14-15-16-17-18-19-20-21-22-23-26-29-34-30(2)33(3,4)31-27-24-25-28-32(31)34;;;;;;;;;;;;;;;;;;;;;;;;;;;;;;;;;;;;;;;;;;;;;;;/h1,23,25-32,34-39H,2-4H3;1,24-25,27-28H,2-4H3;1H4;46*1H/q2*+1;;;;;;;;;;;;;;;;;;;;;;;;;;;;;;;;;;;;;;;;;;;;;;;/p-1/i;;;;1+1;;;;;;;;;;;;;;;;;;;;;;;;;;;;;;;;;;;;;;;;;;;;. The van der Waals surface area contributed by atoms with Crippen molar-refractivity contribution in [1.29, 1.82) is 0 Å². The summed E-state index contributed by atoms with van der Waals surface area (Å²) in [5.74, 6) is 101. The Morgan fingerprint density at radius 3 is 1.12 bits per heavy atom. The lowest BCUT2D eigenvalue weighted by atomic mass is 9.81. The van der Waals surface area contributed by atoms with E-state index in [2.05, 4.69) is 302 Å². The molecule has 0 atom stereocenters. The summed E-state index contributed by atoms with van der Waals surface area (Å²) in [6.45, 7) is 12.3. The van der Waals surface area contributed by atoms with Gasteiger partial charge in [-0.05, 0) is 141 Å². The summed E-state index contributed by atoms with van der Waals surface area (Å²) >= 11 is 0. The SMILES string of the molecule is C.C#CC#CC#CC#CC#CC#CC#CC#CC#CC#CC#C[N+]1=C(/C=C/C=C/C=C/N(C(C)=O)c2ccccc2)C(C)(C)c2ccccc21.C#CC#CC#CC#CC#CC#CC#CC#CC#CC#CC#C[N+]1=C(C)C(C)(C)c2ccccc21.[2HH].[HH].[HH].[HH].[HH].[HH].[HH].[HH].[HH].[HH].[HH].[HH].[HH].[HH].[HH].[HH].[HH].[HH].[HH].[HH].[HH].[HH].[HH].[HH].[HH].[HH].[HH].[HH].[HH].[HH].[HH].[HH].[HH].[HH].[HH].[HH].[HH].[HH].[HH].[HH].[HH].[HH].[HH].[HH].[HH].[I-]. The van der Waals surface area contributed by atoms with Crippen LogP contribution in [-0.2, 0) is 15.6 Å². The van der Waals surface area contributed by atoms with Gasteiger partial charge in [-0.15, -0.1) is 22.0 Å². The summed E-state index contributed by atoms with van der Waals surface area (Å²) in [4.78, 5) is 13.7. The molecule has 0 aliphatic carbocycles. The van der Waals surface area contributed by atoms with E-state index in [0.29, 0.717) is 0 Å². The Kier molecular flexibility index (Phi) is 31.9. The highest BCUT2D eigenvalue weighted by atomic mass is 127. The van der Waals surface area contributed by atoms with E-state index in [-0.39, 0.29) is 112 Å². The number of terminal acetylenes is 2. The van der Waals surface area contributed by atoms with Gasteiger partial charge in [0.05, 0.1) is 22.7 Å². The average molecular weight is 1280 g/mol. The summed E-state index contributed by atoms with van der Waals surface area (Å²) in [6.07, 6.45) is 21.3. The van der Waals surface area contributed by atoms with Crippen LogP contribution in [0.15, 0.2) is 115 Å². The largest absolute Gasteiger partial charge is 1.00 e. The number of carbonyl (C=O) groups excluding carboxylic acids is 1. The Hall–Kier alpha value is -13.3. The van der Waals surface area contributed by atoms with Gasteiger partial charge >= 0.3 is 0 Å². The van der Waals surface area contributed by atoms with Gasteiger partial charge in [-0.2, -0.15) is 0 Å². The van der Waals surface area contributed by atoms with Crippen molar-refractivity contribution in [3.8, 4) is 262 Å².